The number of carbonyl (C=O) groups excluding carboxylic acids is 1. The van der Waals surface area contributed by atoms with Crippen LogP contribution in [0.15, 0.2) is 30.3 Å². The van der Waals surface area contributed by atoms with Gasteiger partial charge < -0.3 is 15.0 Å². The number of nitrogens with one attached hydrogen (secondary N) is 2. The molecule has 0 unspecified atom stereocenters. The molecule has 6 nitrogen and oxygen atoms in total. The smallest absolute Gasteiger partial charge is 0.317 e. The molecule has 3 rings (SSSR count). The number of carbonyl (C=O) groups is 1. The molecule has 2 aromatic rings. The van der Waals surface area contributed by atoms with Crippen molar-refractivity contribution in [2.75, 3.05) is 26.7 Å². The van der Waals surface area contributed by atoms with E-state index in [0.717, 1.165) is 36.2 Å². The Kier molecular flexibility index (Phi) is 8.68. The van der Waals surface area contributed by atoms with Gasteiger partial charge in [-0.2, -0.15) is 5.10 Å². The monoisotopic (exact) mass is 416 g/mol. The van der Waals surface area contributed by atoms with E-state index in [1.807, 2.05) is 12.1 Å². The van der Waals surface area contributed by atoms with E-state index in [-0.39, 0.29) is 11.8 Å². The van der Waals surface area contributed by atoms with Gasteiger partial charge in [0.1, 0.15) is 5.82 Å². The molecule has 1 aromatic carbocycles. The van der Waals surface area contributed by atoms with E-state index < -0.39 is 0 Å². The van der Waals surface area contributed by atoms with Gasteiger partial charge in [0, 0.05) is 38.0 Å². The van der Waals surface area contributed by atoms with Crippen molar-refractivity contribution >= 4 is 6.03 Å². The normalized spacial score (nSPS) is 14.6. The summed E-state index contributed by atoms with van der Waals surface area (Å²) in [5.41, 5.74) is 2.45. The Morgan fingerprint density at radius 2 is 2.10 bits per heavy atom. The van der Waals surface area contributed by atoms with Crippen LogP contribution in [0, 0.1) is 5.82 Å². The molecule has 0 saturated heterocycles. The molecule has 0 radical (unpaired) electrons. The lowest BCUT2D eigenvalue weighted by atomic mass is 9.98. The van der Waals surface area contributed by atoms with Crippen molar-refractivity contribution in [3.05, 3.63) is 41.8 Å². The van der Waals surface area contributed by atoms with Gasteiger partial charge in [0.25, 0.3) is 0 Å². The molecule has 1 saturated carbocycles. The highest BCUT2D eigenvalue weighted by Gasteiger charge is 2.13. The number of rotatable bonds is 10. The third kappa shape index (κ3) is 7.13. The van der Waals surface area contributed by atoms with E-state index >= 15 is 0 Å². The maximum Gasteiger partial charge on any atom is 0.317 e. The number of ether oxygens (including phenoxy) is 1. The third-order valence-corrected chi connectivity index (χ3v) is 5.54. The number of hydrogen-bond acceptors (Lipinski definition) is 3. The molecule has 1 fully saturated rings. The second-order valence-electron chi connectivity index (χ2n) is 8.03. The Hall–Kier alpha value is -2.41. The molecule has 0 atom stereocenters. The van der Waals surface area contributed by atoms with E-state index in [0.29, 0.717) is 25.8 Å². The highest BCUT2D eigenvalue weighted by atomic mass is 19.1. The van der Waals surface area contributed by atoms with Crippen LogP contribution in [0.5, 0.6) is 0 Å². The van der Waals surface area contributed by atoms with Gasteiger partial charge in [-0.1, -0.05) is 31.4 Å². The standard InChI is InChI=1S/C23H33FN4O2/c1-28(23(29)25-13-7-15-30-21-11-3-2-4-12-21)14-6-10-20-17-22(27-26-20)18-8-5-9-19(24)16-18/h5,8-9,16-17,21H,2-4,6-7,10-15H2,1H3,(H,25,29)(H,26,27). The molecule has 7 heteroatoms. The van der Waals surface area contributed by atoms with Crippen LogP contribution in [0.4, 0.5) is 9.18 Å². The van der Waals surface area contributed by atoms with Crippen LogP contribution in [0.1, 0.15) is 50.6 Å². The van der Waals surface area contributed by atoms with Crippen molar-refractivity contribution in [3.8, 4) is 11.3 Å². The summed E-state index contributed by atoms with van der Waals surface area (Å²) in [7, 11) is 1.80. The SMILES string of the molecule is CN(CCCc1cc(-c2cccc(F)c2)n[nH]1)C(=O)NCCCOC1CCCCC1. The molecule has 1 aliphatic rings. The second kappa shape index (κ2) is 11.7. The number of H-pyrrole nitrogens is 1. The number of aromatic amines is 1. The number of benzene rings is 1. The fourth-order valence-corrected chi connectivity index (χ4v) is 3.78. The van der Waals surface area contributed by atoms with Gasteiger partial charge in [-0.25, -0.2) is 9.18 Å². The maximum atomic E-state index is 13.4. The summed E-state index contributed by atoms with van der Waals surface area (Å²) < 4.78 is 19.2. The lowest BCUT2D eigenvalue weighted by Gasteiger charge is -2.22. The summed E-state index contributed by atoms with van der Waals surface area (Å²) in [6.07, 6.45) is 9.08. The molecule has 1 aromatic heterocycles. The number of aromatic nitrogens is 2. The number of nitrogens with zero attached hydrogens (tertiary/aromatic N) is 2. The van der Waals surface area contributed by atoms with Crippen LogP contribution < -0.4 is 5.32 Å². The largest absolute Gasteiger partial charge is 0.378 e. The molecule has 2 amide bonds. The van der Waals surface area contributed by atoms with Crippen LogP contribution in [0.25, 0.3) is 11.3 Å². The lowest BCUT2D eigenvalue weighted by molar-refractivity contribution is 0.0275. The first-order chi connectivity index (χ1) is 14.6. The molecule has 0 spiro atoms. The van der Waals surface area contributed by atoms with Gasteiger partial charge in [0.15, 0.2) is 0 Å². The predicted octanol–water partition coefficient (Wildman–Crippen LogP) is 4.53. The Balaban J connectivity index is 1.28. The van der Waals surface area contributed by atoms with E-state index in [9.17, 15) is 9.18 Å². The fourth-order valence-electron chi connectivity index (χ4n) is 3.78. The summed E-state index contributed by atoms with van der Waals surface area (Å²) >= 11 is 0. The number of halogens is 1. The Morgan fingerprint density at radius 3 is 2.90 bits per heavy atom. The van der Waals surface area contributed by atoms with Crippen LogP contribution in [-0.2, 0) is 11.2 Å². The Labute approximate surface area is 178 Å². The topological polar surface area (TPSA) is 70.2 Å². The van der Waals surface area contributed by atoms with E-state index in [1.165, 1.54) is 44.2 Å². The molecule has 1 heterocycles. The highest BCUT2D eigenvalue weighted by Crippen LogP contribution is 2.20. The first kappa shape index (κ1) is 22.3. The molecule has 0 aliphatic heterocycles. The Bertz CT molecular complexity index is 789. The lowest BCUT2D eigenvalue weighted by Crippen LogP contribution is -2.38. The quantitative estimate of drug-likeness (QED) is 0.559. The summed E-state index contributed by atoms with van der Waals surface area (Å²) in [6.45, 7) is 1.99. The van der Waals surface area contributed by atoms with Gasteiger partial charge in [-0.3, -0.25) is 5.10 Å². The third-order valence-electron chi connectivity index (χ3n) is 5.54. The van der Waals surface area contributed by atoms with Crippen molar-refractivity contribution in [2.24, 2.45) is 0 Å². The Morgan fingerprint density at radius 1 is 1.27 bits per heavy atom. The number of amides is 2. The van der Waals surface area contributed by atoms with Crippen LogP contribution >= 0.6 is 0 Å². The molecule has 0 bridgehead atoms. The number of aryl methyl sites for hydroxylation is 1. The zero-order valence-electron chi connectivity index (χ0n) is 17.8. The van der Waals surface area contributed by atoms with Crippen molar-refractivity contribution in [1.29, 1.82) is 0 Å². The molecule has 2 N–H and O–H groups in total. The number of hydrogen-bond donors (Lipinski definition) is 2. The van der Waals surface area contributed by atoms with Crippen molar-refractivity contribution in [3.63, 3.8) is 0 Å². The van der Waals surface area contributed by atoms with E-state index in [1.54, 1.807) is 18.0 Å². The molecule has 164 valence electrons. The summed E-state index contributed by atoms with van der Waals surface area (Å²) in [4.78, 5) is 13.9. The minimum absolute atomic E-state index is 0.0577. The molecule has 1 aliphatic carbocycles. The van der Waals surface area contributed by atoms with Gasteiger partial charge in [0.05, 0.1) is 11.8 Å². The second-order valence-corrected chi connectivity index (χ2v) is 8.03. The first-order valence-corrected chi connectivity index (χ1v) is 11.0. The minimum Gasteiger partial charge on any atom is -0.378 e. The van der Waals surface area contributed by atoms with E-state index in [2.05, 4.69) is 15.5 Å². The summed E-state index contributed by atoms with van der Waals surface area (Å²) in [6, 6.07) is 8.27. The predicted molar refractivity (Wildman–Crippen MR) is 116 cm³/mol. The summed E-state index contributed by atoms with van der Waals surface area (Å²) in [5.74, 6) is -0.273. The average Bonchev–Trinajstić information content (AvgIpc) is 3.23. The first-order valence-electron chi connectivity index (χ1n) is 11.0. The number of urea groups is 1. The average molecular weight is 417 g/mol. The van der Waals surface area contributed by atoms with Crippen molar-refractivity contribution < 1.29 is 13.9 Å². The van der Waals surface area contributed by atoms with Crippen molar-refractivity contribution in [1.82, 2.24) is 20.4 Å². The zero-order valence-corrected chi connectivity index (χ0v) is 17.8. The van der Waals surface area contributed by atoms with E-state index in [4.69, 9.17) is 4.74 Å². The van der Waals surface area contributed by atoms with Gasteiger partial charge in [-0.15, -0.1) is 0 Å². The van der Waals surface area contributed by atoms with Crippen LogP contribution in [-0.4, -0.2) is 54.0 Å². The molecule has 30 heavy (non-hydrogen) atoms. The highest BCUT2D eigenvalue weighted by molar-refractivity contribution is 5.73. The fraction of sp³-hybridized carbons (Fsp3) is 0.565. The van der Waals surface area contributed by atoms with Gasteiger partial charge in [-0.05, 0) is 50.3 Å². The summed E-state index contributed by atoms with van der Waals surface area (Å²) in [5, 5.41) is 10.2. The van der Waals surface area contributed by atoms with Crippen LogP contribution in [0.2, 0.25) is 0 Å². The van der Waals surface area contributed by atoms with Crippen molar-refractivity contribution in [2.45, 2.75) is 57.5 Å². The molecular weight excluding hydrogens is 383 g/mol. The zero-order chi connectivity index (χ0) is 21.2. The maximum absolute atomic E-state index is 13.4. The van der Waals surface area contributed by atoms with Crippen LogP contribution in [0.3, 0.4) is 0 Å². The minimum atomic E-state index is -0.273. The van der Waals surface area contributed by atoms with Gasteiger partial charge >= 0.3 is 6.03 Å². The van der Waals surface area contributed by atoms with Gasteiger partial charge in [0.2, 0.25) is 0 Å². The molecular formula is C23H33FN4O2.